The van der Waals surface area contributed by atoms with Gasteiger partial charge in [-0.05, 0) is 18.1 Å². The molecule has 4 heterocycles. The number of rotatable bonds is 6. The van der Waals surface area contributed by atoms with E-state index in [2.05, 4.69) is 46.1 Å². The largest absolute Gasteiger partial charge is 0.394 e. The minimum absolute atomic E-state index is 0.00316. The number of thioether (sulfide) groups is 1. The highest BCUT2D eigenvalue weighted by Gasteiger charge is 2.26. The summed E-state index contributed by atoms with van der Waals surface area (Å²) >= 11 is 1.81. The number of nitrogens with one attached hydrogen (secondary N) is 1. The van der Waals surface area contributed by atoms with Crippen molar-refractivity contribution in [3.05, 3.63) is 30.2 Å². The first-order valence-electron chi connectivity index (χ1n) is 9.96. The SMILES string of the molecule is CC(C)C(CO)Nc1nc(N2CCN(c3ccncc3)CC2)nc2c1SCC2. The van der Waals surface area contributed by atoms with Gasteiger partial charge in [0.05, 0.1) is 23.2 Å². The topological polar surface area (TPSA) is 77.4 Å². The van der Waals surface area contributed by atoms with Gasteiger partial charge in [-0.1, -0.05) is 13.8 Å². The van der Waals surface area contributed by atoms with Crippen molar-refractivity contribution in [2.24, 2.45) is 5.92 Å². The first-order chi connectivity index (χ1) is 13.7. The predicted molar refractivity (Wildman–Crippen MR) is 114 cm³/mol. The summed E-state index contributed by atoms with van der Waals surface area (Å²) in [5.41, 5.74) is 2.35. The molecule has 1 atom stereocenters. The van der Waals surface area contributed by atoms with E-state index < -0.39 is 0 Å². The van der Waals surface area contributed by atoms with Crippen LogP contribution in [0.4, 0.5) is 17.5 Å². The van der Waals surface area contributed by atoms with Crippen LogP contribution in [0.15, 0.2) is 29.4 Å². The molecule has 2 aromatic heterocycles. The van der Waals surface area contributed by atoms with E-state index in [-0.39, 0.29) is 12.6 Å². The fraction of sp³-hybridized carbons (Fsp3) is 0.550. The molecular weight excluding hydrogens is 372 g/mol. The van der Waals surface area contributed by atoms with Crippen molar-refractivity contribution in [3.63, 3.8) is 0 Å². The lowest BCUT2D eigenvalue weighted by Gasteiger charge is -2.36. The molecular formula is C20H28N6OS. The van der Waals surface area contributed by atoms with E-state index in [1.54, 1.807) is 0 Å². The number of fused-ring (bicyclic) bond motifs is 1. The molecule has 28 heavy (non-hydrogen) atoms. The molecule has 0 bridgehead atoms. The van der Waals surface area contributed by atoms with Gasteiger partial charge in [0.1, 0.15) is 5.82 Å². The fourth-order valence-corrected chi connectivity index (χ4v) is 4.67. The van der Waals surface area contributed by atoms with Crippen LogP contribution in [0.2, 0.25) is 0 Å². The summed E-state index contributed by atoms with van der Waals surface area (Å²) in [6.07, 6.45) is 4.66. The van der Waals surface area contributed by atoms with Gasteiger partial charge in [0.15, 0.2) is 0 Å². The number of aliphatic hydroxyl groups is 1. The van der Waals surface area contributed by atoms with Crippen molar-refractivity contribution in [2.45, 2.75) is 31.2 Å². The molecule has 7 nitrogen and oxygen atoms in total. The Labute approximate surface area is 170 Å². The van der Waals surface area contributed by atoms with Crippen LogP contribution < -0.4 is 15.1 Å². The molecule has 0 saturated carbocycles. The van der Waals surface area contributed by atoms with E-state index in [1.165, 1.54) is 5.69 Å². The van der Waals surface area contributed by atoms with Gasteiger partial charge in [-0.15, -0.1) is 11.8 Å². The Kier molecular flexibility index (Phi) is 5.87. The van der Waals surface area contributed by atoms with E-state index in [0.29, 0.717) is 5.92 Å². The minimum Gasteiger partial charge on any atom is -0.394 e. The number of aliphatic hydroxyl groups excluding tert-OH is 1. The van der Waals surface area contributed by atoms with E-state index in [0.717, 1.165) is 60.7 Å². The van der Waals surface area contributed by atoms with Gasteiger partial charge < -0.3 is 20.2 Å². The maximum absolute atomic E-state index is 9.73. The van der Waals surface area contributed by atoms with Gasteiger partial charge in [0.25, 0.3) is 0 Å². The summed E-state index contributed by atoms with van der Waals surface area (Å²) < 4.78 is 0. The summed E-state index contributed by atoms with van der Waals surface area (Å²) in [6, 6.07) is 4.11. The van der Waals surface area contributed by atoms with Crippen LogP contribution in [-0.4, -0.2) is 64.6 Å². The molecule has 150 valence electrons. The van der Waals surface area contributed by atoms with Crippen LogP contribution >= 0.6 is 11.8 Å². The van der Waals surface area contributed by atoms with E-state index >= 15 is 0 Å². The number of aryl methyl sites for hydroxylation is 1. The summed E-state index contributed by atoms with van der Waals surface area (Å²) in [5.74, 6) is 3.06. The predicted octanol–water partition coefficient (Wildman–Crippen LogP) is 2.28. The van der Waals surface area contributed by atoms with Gasteiger partial charge in [0.2, 0.25) is 5.95 Å². The second-order valence-electron chi connectivity index (χ2n) is 7.60. The highest BCUT2D eigenvalue weighted by molar-refractivity contribution is 7.99. The molecule has 0 aliphatic carbocycles. The maximum atomic E-state index is 9.73. The van der Waals surface area contributed by atoms with E-state index in [4.69, 9.17) is 9.97 Å². The van der Waals surface area contributed by atoms with Crippen LogP contribution in [0.25, 0.3) is 0 Å². The lowest BCUT2D eigenvalue weighted by atomic mass is 10.1. The molecule has 4 rings (SSSR count). The lowest BCUT2D eigenvalue weighted by molar-refractivity contribution is 0.249. The minimum atomic E-state index is -0.00316. The first kappa shape index (κ1) is 19.3. The Morgan fingerprint density at radius 3 is 2.50 bits per heavy atom. The molecule has 2 aromatic rings. The second kappa shape index (κ2) is 8.53. The number of piperazine rings is 1. The standard InChI is InChI=1S/C20H28N6OS/c1-14(2)17(13-27)22-19-18-16(5-12-28-18)23-20(24-19)26-10-8-25(9-11-26)15-3-6-21-7-4-15/h3-4,6-7,14,17,27H,5,8-13H2,1-2H3,(H,22,23,24). The van der Waals surface area contributed by atoms with Gasteiger partial charge in [-0.2, -0.15) is 4.98 Å². The van der Waals surface area contributed by atoms with Gasteiger partial charge in [-0.3, -0.25) is 4.98 Å². The Morgan fingerprint density at radius 1 is 1.11 bits per heavy atom. The molecule has 1 fully saturated rings. The van der Waals surface area contributed by atoms with Crippen LogP contribution in [0.5, 0.6) is 0 Å². The smallest absolute Gasteiger partial charge is 0.227 e. The van der Waals surface area contributed by atoms with Crippen LogP contribution in [0, 0.1) is 5.92 Å². The van der Waals surface area contributed by atoms with Crippen molar-refractivity contribution >= 4 is 29.2 Å². The zero-order valence-corrected chi connectivity index (χ0v) is 17.3. The fourth-order valence-electron chi connectivity index (χ4n) is 3.61. The Hall–Kier alpha value is -2.06. The average molecular weight is 401 g/mol. The van der Waals surface area contributed by atoms with Crippen LogP contribution in [0.1, 0.15) is 19.5 Å². The monoisotopic (exact) mass is 400 g/mol. The van der Waals surface area contributed by atoms with Crippen LogP contribution in [0.3, 0.4) is 0 Å². The molecule has 1 saturated heterocycles. The molecule has 2 N–H and O–H groups in total. The zero-order chi connectivity index (χ0) is 19.5. The number of aromatic nitrogens is 3. The quantitative estimate of drug-likeness (QED) is 0.765. The average Bonchev–Trinajstić information content (AvgIpc) is 3.21. The molecule has 0 aromatic carbocycles. The number of pyridine rings is 1. The molecule has 2 aliphatic rings. The van der Waals surface area contributed by atoms with Crippen molar-refractivity contribution in [2.75, 3.05) is 53.7 Å². The number of hydrogen-bond acceptors (Lipinski definition) is 8. The Balaban J connectivity index is 1.52. The maximum Gasteiger partial charge on any atom is 0.227 e. The molecule has 8 heteroatoms. The summed E-state index contributed by atoms with van der Waals surface area (Å²) in [6.45, 7) is 7.98. The molecule has 2 aliphatic heterocycles. The first-order valence-corrected chi connectivity index (χ1v) is 11.0. The Morgan fingerprint density at radius 2 is 1.82 bits per heavy atom. The van der Waals surface area contributed by atoms with E-state index in [9.17, 15) is 5.11 Å². The molecule has 0 spiro atoms. The lowest BCUT2D eigenvalue weighted by Crippen LogP contribution is -2.47. The van der Waals surface area contributed by atoms with E-state index in [1.807, 2.05) is 24.2 Å². The van der Waals surface area contributed by atoms with Gasteiger partial charge in [-0.25, -0.2) is 4.98 Å². The normalized spacial score (nSPS) is 17.7. The summed E-state index contributed by atoms with van der Waals surface area (Å²) in [5, 5.41) is 13.2. The zero-order valence-electron chi connectivity index (χ0n) is 16.5. The number of hydrogen-bond donors (Lipinski definition) is 2. The Bertz CT molecular complexity index is 795. The summed E-state index contributed by atoms with van der Waals surface area (Å²) in [7, 11) is 0. The summed E-state index contributed by atoms with van der Waals surface area (Å²) in [4.78, 5) is 19.7. The molecule has 0 radical (unpaired) electrons. The number of anilines is 3. The van der Waals surface area contributed by atoms with Crippen molar-refractivity contribution < 1.29 is 5.11 Å². The third-order valence-corrected chi connectivity index (χ3v) is 6.55. The van der Waals surface area contributed by atoms with Crippen molar-refractivity contribution in [1.29, 1.82) is 0 Å². The third-order valence-electron chi connectivity index (χ3n) is 5.42. The van der Waals surface area contributed by atoms with Crippen LogP contribution in [-0.2, 0) is 6.42 Å². The molecule has 0 amide bonds. The second-order valence-corrected chi connectivity index (χ2v) is 8.71. The van der Waals surface area contributed by atoms with Crippen molar-refractivity contribution in [3.8, 4) is 0 Å². The van der Waals surface area contributed by atoms with Gasteiger partial charge >= 0.3 is 0 Å². The number of nitrogens with zero attached hydrogens (tertiary/aromatic N) is 5. The molecule has 1 unspecified atom stereocenters. The third kappa shape index (κ3) is 4.03. The van der Waals surface area contributed by atoms with Gasteiger partial charge in [0, 0.05) is 56.4 Å². The highest BCUT2D eigenvalue weighted by atomic mass is 32.2. The highest BCUT2D eigenvalue weighted by Crippen LogP contribution is 2.37. The van der Waals surface area contributed by atoms with Crippen molar-refractivity contribution in [1.82, 2.24) is 15.0 Å².